The van der Waals surface area contributed by atoms with Gasteiger partial charge < -0.3 is 15.0 Å². The molecular weight excluding hydrogens is 368 g/mol. The SMILES string of the molecule is CC[NH+]1CCc2c(sc(NC(=O)c3cccc(SC)c3)c2C(=O)OC)C1. The summed E-state index contributed by atoms with van der Waals surface area (Å²) in [6.45, 7) is 5.09. The number of amides is 1. The summed E-state index contributed by atoms with van der Waals surface area (Å²) in [6, 6.07) is 7.47. The number of anilines is 1. The standard InChI is InChI=1S/C19H22N2O3S2/c1-4-21-9-8-14-15(11-21)26-18(16(14)19(23)24-2)20-17(22)12-6-5-7-13(10-12)25-3/h5-7,10H,4,8-9,11H2,1-3H3,(H,20,22)/p+1. The van der Waals surface area contributed by atoms with Crippen LogP contribution in [0, 0.1) is 0 Å². The van der Waals surface area contributed by atoms with Gasteiger partial charge in [-0.15, -0.1) is 23.1 Å². The van der Waals surface area contributed by atoms with Crippen LogP contribution in [-0.4, -0.2) is 38.3 Å². The molecular formula is C19H23N2O3S2+. The summed E-state index contributed by atoms with van der Waals surface area (Å²) >= 11 is 3.09. The molecule has 1 aromatic carbocycles. The van der Waals surface area contributed by atoms with Crippen molar-refractivity contribution in [2.24, 2.45) is 0 Å². The predicted octanol–water partition coefficient (Wildman–Crippen LogP) is 2.47. The molecule has 1 aliphatic heterocycles. The summed E-state index contributed by atoms with van der Waals surface area (Å²) in [4.78, 5) is 28.7. The number of thioether (sulfide) groups is 1. The third-order valence-electron chi connectivity index (χ3n) is 4.68. The fourth-order valence-corrected chi connectivity index (χ4v) is 4.95. The molecule has 0 radical (unpaired) electrons. The van der Waals surface area contributed by atoms with Gasteiger partial charge in [0.1, 0.15) is 11.5 Å². The van der Waals surface area contributed by atoms with Crippen molar-refractivity contribution < 1.29 is 19.2 Å². The number of ether oxygens (including phenoxy) is 1. The number of carbonyl (C=O) groups is 2. The fourth-order valence-electron chi connectivity index (χ4n) is 3.18. The van der Waals surface area contributed by atoms with E-state index in [2.05, 4.69) is 12.2 Å². The molecule has 2 N–H and O–H groups in total. The molecule has 0 bridgehead atoms. The van der Waals surface area contributed by atoms with Gasteiger partial charge in [-0.25, -0.2) is 4.79 Å². The first-order chi connectivity index (χ1) is 12.6. The van der Waals surface area contributed by atoms with Gasteiger partial charge >= 0.3 is 5.97 Å². The Hall–Kier alpha value is -1.83. The number of nitrogens with one attached hydrogen (secondary N) is 2. The van der Waals surface area contributed by atoms with Gasteiger partial charge in [0.15, 0.2) is 0 Å². The van der Waals surface area contributed by atoms with E-state index in [-0.39, 0.29) is 11.9 Å². The van der Waals surface area contributed by atoms with E-state index in [1.807, 2.05) is 24.5 Å². The number of likely N-dealkylation sites (N-methyl/N-ethyl adjacent to an activating group) is 1. The van der Waals surface area contributed by atoms with Crippen LogP contribution in [-0.2, 0) is 17.7 Å². The molecule has 1 aromatic heterocycles. The zero-order chi connectivity index (χ0) is 18.7. The van der Waals surface area contributed by atoms with Gasteiger partial charge in [0, 0.05) is 16.9 Å². The highest BCUT2D eigenvalue weighted by Gasteiger charge is 2.30. The molecule has 0 fully saturated rings. The second-order valence-corrected chi connectivity index (χ2v) is 8.15. The molecule has 26 heavy (non-hydrogen) atoms. The first-order valence-electron chi connectivity index (χ1n) is 8.59. The second-order valence-electron chi connectivity index (χ2n) is 6.17. The van der Waals surface area contributed by atoms with Crippen LogP contribution in [0.2, 0.25) is 0 Å². The van der Waals surface area contributed by atoms with Gasteiger partial charge in [-0.1, -0.05) is 6.07 Å². The minimum absolute atomic E-state index is 0.204. The molecule has 0 saturated heterocycles. The molecule has 7 heteroatoms. The lowest BCUT2D eigenvalue weighted by atomic mass is 10.0. The number of benzene rings is 1. The van der Waals surface area contributed by atoms with Crippen molar-refractivity contribution in [1.29, 1.82) is 0 Å². The van der Waals surface area contributed by atoms with Crippen LogP contribution in [0.4, 0.5) is 5.00 Å². The monoisotopic (exact) mass is 391 g/mol. The number of rotatable bonds is 5. The molecule has 1 amide bonds. The number of carbonyl (C=O) groups excluding carboxylic acids is 2. The summed E-state index contributed by atoms with van der Waals surface area (Å²) < 4.78 is 4.98. The maximum Gasteiger partial charge on any atom is 0.341 e. The number of thiophene rings is 1. The Labute approximate surface area is 161 Å². The normalized spacial score (nSPS) is 16.0. The molecule has 5 nitrogen and oxygen atoms in total. The first-order valence-corrected chi connectivity index (χ1v) is 10.6. The van der Waals surface area contributed by atoms with Gasteiger partial charge in [-0.3, -0.25) is 4.79 Å². The van der Waals surface area contributed by atoms with E-state index < -0.39 is 0 Å². The molecule has 2 heterocycles. The smallest absolute Gasteiger partial charge is 0.341 e. The van der Waals surface area contributed by atoms with E-state index >= 15 is 0 Å². The quantitative estimate of drug-likeness (QED) is 0.607. The zero-order valence-electron chi connectivity index (χ0n) is 15.2. The van der Waals surface area contributed by atoms with Crippen molar-refractivity contribution in [2.45, 2.75) is 24.8 Å². The molecule has 0 aliphatic carbocycles. The van der Waals surface area contributed by atoms with Crippen LogP contribution in [0.25, 0.3) is 0 Å². The van der Waals surface area contributed by atoms with E-state index in [1.54, 1.807) is 17.8 Å². The van der Waals surface area contributed by atoms with Crippen molar-refractivity contribution in [3.05, 3.63) is 45.8 Å². The number of hydrogen-bond acceptors (Lipinski definition) is 5. The number of fused-ring (bicyclic) bond motifs is 1. The molecule has 0 spiro atoms. The lowest BCUT2D eigenvalue weighted by molar-refractivity contribution is -0.913. The van der Waals surface area contributed by atoms with E-state index in [1.165, 1.54) is 28.2 Å². The van der Waals surface area contributed by atoms with Gasteiger partial charge in [0.2, 0.25) is 0 Å². The van der Waals surface area contributed by atoms with Gasteiger partial charge in [-0.05, 0) is 36.9 Å². The summed E-state index contributed by atoms with van der Waals surface area (Å²) in [7, 11) is 1.38. The third kappa shape index (κ3) is 3.79. The predicted molar refractivity (Wildman–Crippen MR) is 106 cm³/mol. The average Bonchev–Trinajstić information content (AvgIpc) is 3.04. The molecule has 3 rings (SSSR count). The van der Waals surface area contributed by atoms with E-state index in [0.29, 0.717) is 16.1 Å². The Balaban J connectivity index is 1.92. The minimum Gasteiger partial charge on any atom is -0.465 e. The topological polar surface area (TPSA) is 59.8 Å². The number of hydrogen-bond donors (Lipinski definition) is 2. The van der Waals surface area contributed by atoms with Crippen LogP contribution >= 0.6 is 23.1 Å². The van der Waals surface area contributed by atoms with Crippen molar-refractivity contribution in [2.75, 3.05) is 31.8 Å². The molecule has 0 saturated carbocycles. The van der Waals surface area contributed by atoms with Crippen molar-refractivity contribution >= 4 is 40.0 Å². The maximum atomic E-state index is 12.7. The van der Waals surface area contributed by atoms with Gasteiger partial charge in [-0.2, -0.15) is 0 Å². The Morgan fingerprint density at radius 3 is 2.88 bits per heavy atom. The molecule has 2 aromatic rings. The number of quaternary nitrogens is 1. The van der Waals surface area contributed by atoms with E-state index in [0.717, 1.165) is 36.5 Å². The van der Waals surface area contributed by atoms with Crippen molar-refractivity contribution in [3.8, 4) is 0 Å². The number of esters is 1. The van der Waals surface area contributed by atoms with Crippen molar-refractivity contribution in [3.63, 3.8) is 0 Å². The first kappa shape index (κ1) is 18.9. The largest absolute Gasteiger partial charge is 0.465 e. The van der Waals surface area contributed by atoms with Crippen molar-refractivity contribution in [1.82, 2.24) is 0 Å². The summed E-state index contributed by atoms with van der Waals surface area (Å²) in [5.74, 6) is -0.583. The molecule has 138 valence electrons. The Morgan fingerprint density at radius 1 is 1.38 bits per heavy atom. The highest BCUT2D eigenvalue weighted by Crippen LogP contribution is 2.35. The molecule has 1 aliphatic rings. The average molecular weight is 392 g/mol. The van der Waals surface area contributed by atoms with Crippen LogP contribution in [0.3, 0.4) is 0 Å². The molecule has 1 unspecified atom stereocenters. The Kier molecular flexibility index (Phi) is 6.01. The van der Waals surface area contributed by atoms with E-state index in [9.17, 15) is 9.59 Å². The minimum atomic E-state index is -0.379. The van der Waals surface area contributed by atoms with Gasteiger partial charge in [0.05, 0.1) is 30.6 Å². The highest BCUT2D eigenvalue weighted by molar-refractivity contribution is 7.98. The van der Waals surface area contributed by atoms with Crippen LogP contribution in [0.5, 0.6) is 0 Å². The lowest BCUT2D eigenvalue weighted by Crippen LogP contribution is -3.11. The fraction of sp³-hybridized carbons (Fsp3) is 0.368. The van der Waals surface area contributed by atoms with E-state index in [4.69, 9.17) is 4.74 Å². The summed E-state index contributed by atoms with van der Waals surface area (Å²) in [5, 5.41) is 3.54. The summed E-state index contributed by atoms with van der Waals surface area (Å²) in [5.41, 5.74) is 2.14. The van der Waals surface area contributed by atoms with Crippen LogP contribution in [0.1, 0.15) is 38.1 Å². The zero-order valence-corrected chi connectivity index (χ0v) is 16.8. The Bertz CT molecular complexity index is 832. The number of methoxy groups -OCH3 is 1. The third-order valence-corrected chi connectivity index (χ3v) is 6.55. The van der Waals surface area contributed by atoms with Gasteiger partial charge in [0.25, 0.3) is 5.91 Å². The second kappa shape index (κ2) is 8.24. The summed E-state index contributed by atoms with van der Waals surface area (Å²) in [6.07, 6.45) is 2.80. The van der Waals surface area contributed by atoms with Crippen LogP contribution in [0.15, 0.2) is 29.2 Å². The lowest BCUT2D eigenvalue weighted by Gasteiger charge is -2.22. The highest BCUT2D eigenvalue weighted by atomic mass is 32.2. The van der Waals surface area contributed by atoms with Crippen LogP contribution < -0.4 is 10.2 Å². The molecule has 1 atom stereocenters. The Morgan fingerprint density at radius 2 is 2.19 bits per heavy atom. The maximum absolute atomic E-state index is 12.7.